The predicted molar refractivity (Wildman–Crippen MR) is 121 cm³/mol. The molecule has 1 N–H and O–H groups in total. The fourth-order valence-corrected chi connectivity index (χ4v) is 4.01. The Morgan fingerprint density at radius 2 is 1.87 bits per heavy atom. The van der Waals surface area contributed by atoms with Crippen molar-refractivity contribution in [1.82, 2.24) is 20.0 Å². The Kier molecular flexibility index (Phi) is 6.00. The zero-order chi connectivity index (χ0) is 21.1. The van der Waals surface area contributed by atoms with E-state index in [0.717, 1.165) is 30.8 Å². The number of hydrogen-bond donors (Lipinski definition) is 1. The van der Waals surface area contributed by atoms with Crippen molar-refractivity contribution in [2.75, 3.05) is 19.6 Å². The lowest BCUT2D eigenvalue weighted by atomic mass is 10.1. The molecule has 30 heavy (non-hydrogen) atoms. The van der Waals surface area contributed by atoms with Gasteiger partial charge < -0.3 is 10.2 Å². The molecule has 1 aliphatic rings. The van der Waals surface area contributed by atoms with Crippen LogP contribution < -0.4 is 5.32 Å². The Labute approximate surface area is 178 Å². The number of aryl methyl sites for hydroxylation is 1. The highest BCUT2D eigenvalue weighted by atomic mass is 16.1. The third kappa shape index (κ3) is 4.46. The lowest BCUT2D eigenvalue weighted by molar-refractivity contribution is 0.0947. The molecule has 1 amide bonds. The van der Waals surface area contributed by atoms with Crippen molar-refractivity contribution < 1.29 is 4.79 Å². The van der Waals surface area contributed by atoms with E-state index in [2.05, 4.69) is 43.1 Å². The molecule has 2 heterocycles. The fraction of sp³-hybridized carbons (Fsp3) is 0.360. The zero-order valence-electron chi connectivity index (χ0n) is 18.0. The Hall–Kier alpha value is -2.92. The summed E-state index contributed by atoms with van der Waals surface area (Å²) in [5.74, 6) is 0.443. The first-order chi connectivity index (χ1) is 14.5. The number of carbonyl (C=O) groups is 1. The van der Waals surface area contributed by atoms with Gasteiger partial charge in [-0.2, -0.15) is 5.10 Å². The highest BCUT2D eigenvalue weighted by Gasteiger charge is 2.25. The molecule has 1 fully saturated rings. The monoisotopic (exact) mass is 402 g/mol. The van der Waals surface area contributed by atoms with Gasteiger partial charge in [-0.25, -0.2) is 4.68 Å². The smallest absolute Gasteiger partial charge is 0.255 e. The average Bonchev–Trinajstić information content (AvgIpc) is 3.41. The van der Waals surface area contributed by atoms with E-state index in [-0.39, 0.29) is 5.91 Å². The standard InChI is InChI=1S/C25H30N4O/c1-18(2)28-14-13-20(16-28)15-26-25(30)23-17-29(22-11-9-19(3)10-12-22)27-24(23)21-7-5-4-6-8-21/h4-12,17-18,20H,13-16H2,1-3H3,(H,26,30). The molecule has 1 aromatic heterocycles. The molecule has 4 rings (SSSR count). The van der Waals surface area contributed by atoms with Crippen LogP contribution >= 0.6 is 0 Å². The molecule has 1 saturated heterocycles. The summed E-state index contributed by atoms with van der Waals surface area (Å²) in [6.07, 6.45) is 2.98. The van der Waals surface area contributed by atoms with Crippen molar-refractivity contribution in [1.29, 1.82) is 0 Å². The molecule has 0 aliphatic carbocycles. The summed E-state index contributed by atoms with van der Waals surface area (Å²) in [6.45, 7) is 9.38. The normalized spacial score (nSPS) is 16.9. The van der Waals surface area contributed by atoms with Crippen LogP contribution in [-0.2, 0) is 0 Å². The first-order valence-corrected chi connectivity index (χ1v) is 10.8. The van der Waals surface area contributed by atoms with E-state index in [1.165, 1.54) is 5.56 Å². The second-order valence-electron chi connectivity index (χ2n) is 8.49. The predicted octanol–water partition coefficient (Wildman–Crippen LogP) is 4.31. The fourth-order valence-electron chi connectivity index (χ4n) is 4.01. The summed E-state index contributed by atoms with van der Waals surface area (Å²) in [4.78, 5) is 15.6. The minimum Gasteiger partial charge on any atom is -0.352 e. The summed E-state index contributed by atoms with van der Waals surface area (Å²) in [7, 11) is 0. The number of rotatable bonds is 6. The highest BCUT2D eigenvalue weighted by molar-refractivity contribution is 5.99. The summed E-state index contributed by atoms with van der Waals surface area (Å²) >= 11 is 0. The summed E-state index contributed by atoms with van der Waals surface area (Å²) in [6, 6.07) is 18.6. The molecule has 0 bridgehead atoms. The number of likely N-dealkylation sites (tertiary alicyclic amines) is 1. The molecule has 1 atom stereocenters. The largest absolute Gasteiger partial charge is 0.352 e. The Balaban J connectivity index is 1.56. The summed E-state index contributed by atoms with van der Waals surface area (Å²) in [5.41, 5.74) is 4.41. The lowest BCUT2D eigenvalue weighted by Crippen LogP contribution is -2.33. The third-order valence-electron chi connectivity index (χ3n) is 5.90. The van der Waals surface area contributed by atoms with E-state index < -0.39 is 0 Å². The van der Waals surface area contributed by atoms with Gasteiger partial charge in [-0.05, 0) is 51.8 Å². The van der Waals surface area contributed by atoms with Gasteiger partial charge >= 0.3 is 0 Å². The van der Waals surface area contributed by atoms with E-state index in [9.17, 15) is 4.79 Å². The molecule has 2 aromatic carbocycles. The van der Waals surface area contributed by atoms with Gasteiger partial charge in [-0.3, -0.25) is 4.79 Å². The van der Waals surface area contributed by atoms with Gasteiger partial charge in [0, 0.05) is 30.9 Å². The molecule has 0 radical (unpaired) electrons. The number of nitrogens with one attached hydrogen (secondary N) is 1. The molecular formula is C25H30N4O. The Morgan fingerprint density at radius 3 is 2.53 bits per heavy atom. The second-order valence-corrected chi connectivity index (χ2v) is 8.49. The molecule has 5 heteroatoms. The summed E-state index contributed by atoms with van der Waals surface area (Å²) < 4.78 is 1.80. The van der Waals surface area contributed by atoms with Crippen LogP contribution in [0.3, 0.4) is 0 Å². The summed E-state index contributed by atoms with van der Waals surface area (Å²) in [5, 5.41) is 7.93. The van der Waals surface area contributed by atoms with Crippen molar-refractivity contribution in [2.24, 2.45) is 5.92 Å². The SMILES string of the molecule is Cc1ccc(-n2cc(C(=O)NCC3CCN(C(C)C)C3)c(-c3ccccc3)n2)cc1. The molecule has 1 aliphatic heterocycles. The molecular weight excluding hydrogens is 372 g/mol. The molecule has 0 saturated carbocycles. The van der Waals surface area contributed by atoms with Gasteiger partial charge in [0.2, 0.25) is 0 Å². The van der Waals surface area contributed by atoms with Crippen LogP contribution in [0.5, 0.6) is 0 Å². The minimum absolute atomic E-state index is 0.0600. The number of hydrogen-bond acceptors (Lipinski definition) is 3. The van der Waals surface area contributed by atoms with Crippen molar-refractivity contribution in [3.05, 3.63) is 71.9 Å². The van der Waals surface area contributed by atoms with Crippen LogP contribution in [0.2, 0.25) is 0 Å². The molecule has 1 unspecified atom stereocenters. The first kappa shape index (κ1) is 20.4. The highest BCUT2D eigenvalue weighted by Crippen LogP contribution is 2.24. The second kappa shape index (κ2) is 8.84. The molecule has 3 aromatic rings. The van der Waals surface area contributed by atoms with Gasteiger partial charge in [0.15, 0.2) is 0 Å². The van der Waals surface area contributed by atoms with Crippen LogP contribution in [-0.4, -0.2) is 46.3 Å². The third-order valence-corrected chi connectivity index (χ3v) is 5.90. The maximum absolute atomic E-state index is 13.1. The Bertz CT molecular complexity index is 992. The zero-order valence-corrected chi connectivity index (χ0v) is 18.0. The first-order valence-electron chi connectivity index (χ1n) is 10.8. The van der Waals surface area contributed by atoms with Crippen LogP contribution in [0.1, 0.15) is 36.2 Å². The number of carbonyl (C=O) groups excluding carboxylic acids is 1. The topological polar surface area (TPSA) is 50.2 Å². The number of nitrogens with zero attached hydrogens (tertiary/aromatic N) is 3. The van der Waals surface area contributed by atoms with Gasteiger partial charge in [0.05, 0.1) is 11.3 Å². The quantitative estimate of drug-likeness (QED) is 0.668. The number of amides is 1. The van der Waals surface area contributed by atoms with Crippen LogP contribution in [0.25, 0.3) is 16.9 Å². The van der Waals surface area contributed by atoms with Gasteiger partial charge in [0.1, 0.15) is 5.69 Å². The van der Waals surface area contributed by atoms with Gasteiger partial charge in [-0.15, -0.1) is 0 Å². The number of benzene rings is 2. The molecule has 156 valence electrons. The van der Waals surface area contributed by atoms with E-state index in [0.29, 0.717) is 29.8 Å². The number of aromatic nitrogens is 2. The average molecular weight is 403 g/mol. The van der Waals surface area contributed by atoms with Crippen molar-refractivity contribution in [3.8, 4) is 16.9 Å². The minimum atomic E-state index is -0.0600. The van der Waals surface area contributed by atoms with Crippen molar-refractivity contribution >= 4 is 5.91 Å². The van der Waals surface area contributed by atoms with Crippen LogP contribution in [0.4, 0.5) is 0 Å². The van der Waals surface area contributed by atoms with Crippen LogP contribution in [0.15, 0.2) is 60.8 Å². The maximum Gasteiger partial charge on any atom is 0.255 e. The maximum atomic E-state index is 13.1. The van der Waals surface area contributed by atoms with Crippen LogP contribution in [0, 0.1) is 12.8 Å². The van der Waals surface area contributed by atoms with Crippen molar-refractivity contribution in [2.45, 2.75) is 33.2 Å². The van der Waals surface area contributed by atoms with Gasteiger partial charge in [-0.1, -0.05) is 48.0 Å². The Morgan fingerprint density at radius 1 is 1.13 bits per heavy atom. The van der Waals surface area contributed by atoms with E-state index in [1.54, 1.807) is 4.68 Å². The lowest BCUT2D eigenvalue weighted by Gasteiger charge is -2.20. The van der Waals surface area contributed by atoms with Gasteiger partial charge in [0.25, 0.3) is 5.91 Å². The molecule has 0 spiro atoms. The van der Waals surface area contributed by atoms with E-state index >= 15 is 0 Å². The molecule has 5 nitrogen and oxygen atoms in total. The van der Waals surface area contributed by atoms with E-state index in [1.807, 2.05) is 48.7 Å². The van der Waals surface area contributed by atoms with Crippen molar-refractivity contribution in [3.63, 3.8) is 0 Å². The van der Waals surface area contributed by atoms with E-state index in [4.69, 9.17) is 5.10 Å².